The lowest BCUT2D eigenvalue weighted by molar-refractivity contribution is -0.132. The number of rotatable bonds is 5. The van der Waals surface area contributed by atoms with Crippen molar-refractivity contribution in [1.29, 1.82) is 0 Å². The fourth-order valence-electron chi connectivity index (χ4n) is 2.91. The summed E-state index contributed by atoms with van der Waals surface area (Å²) in [7, 11) is 1.28. The maximum atomic E-state index is 13.9. The Morgan fingerprint density at radius 3 is 2.81 bits per heavy atom. The number of carbonyl (C=O) groups excluding carboxylic acids is 1. The van der Waals surface area contributed by atoms with Crippen LogP contribution in [0.2, 0.25) is 0 Å². The van der Waals surface area contributed by atoms with Crippen molar-refractivity contribution < 1.29 is 27.9 Å². The molecule has 1 heterocycles. The van der Waals surface area contributed by atoms with Crippen molar-refractivity contribution in [3.8, 4) is 16.9 Å². The minimum atomic E-state index is -1.03. The van der Waals surface area contributed by atoms with Crippen molar-refractivity contribution in [2.45, 2.75) is 12.5 Å². The van der Waals surface area contributed by atoms with E-state index in [1.54, 1.807) is 12.1 Å². The first kappa shape index (κ1) is 18.8. The average molecular weight is 376 g/mol. The van der Waals surface area contributed by atoms with Crippen LogP contribution in [0.3, 0.4) is 0 Å². The summed E-state index contributed by atoms with van der Waals surface area (Å²) in [6.07, 6.45) is 0. The number of amidine groups is 1. The van der Waals surface area contributed by atoms with Crippen LogP contribution in [0.25, 0.3) is 11.1 Å². The van der Waals surface area contributed by atoms with Crippen LogP contribution in [-0.4, -0.2) is 32.6 Å². The minimum absolute atomic E-state index is 0.168. The molecule has 3 rings (SSSR count). The maximum absolute atomic E-state index is 13.9. The number of ether oxygens (including phenoxy) is 2. The van der Waals surface area contributed by atoms with Crippen molar-refractivity contribution in [2.24, 2.45) is 4.99 Å². The van der Waals surface area contributed by atoms with Crippen LogP contribution in [0.15, 0.2) is 41.4 Å². The number of halogens is 2. The molecule has 0 aliphatic carbocycles. The van der Waals surface area contributed by atoms with Gasteiger partial charge in [-0.25, -0.2) is 9.87 Å². The molecule has 2 aromatic carbocycles. The standard InChI is InChI=1S/C19H18F2N2O4/c1-19(10-26-9-17(22-19)23-27-11-24)14-5-3-4-12(6-14)13-7-15(20)18(21)16(8-13)25-2/h3-8,11H,9-10H2,1-2H3,(H,22,23). The Morgan fingerprint density at radius 2 is 2.07 bits per heavy atom. The second-order valence-electron chi connectivity index (χ2n) is 6.20. The smallest absolute Gasteiger partial charge is 0.320 e. The van der Waals surface area contributed by atoms with Gasteiger partial charge in [-0.1, -0.05) is 18.2 Å². The van der Waals surface area contributed by atoms with Gasteiger partial charge in [0.1, 0.15) is 12.1 Å². The Hall–Kier alpha value is -3.00. The monoisotopic (exact) mass is 376 g/mol. The molecule has 1 aliphatic heterocycles. The highest BCUT2D eigenvalue weighted by molar-refractivity contribution is 5.84. The van der Waals surface area contributed by atoms with Crippen molar-refractivity contribution in [3.63, 3.8) is 0 Å². The first-order chi connectivity index (χ1) is 13.0. The summed E-state index contributed by atoms with van der Waals surface area (Å²) in [6.45, 7) is 2.61. The summed E-state index contributed by atoms with van der Waals surface area (Å²) >= 11 is 0. The maximum Gasteiger partial charge on any atom is 0.320 e. The highest BCUT2D eigenvalue weighted by atomic mass is 19.2. The van der Waals surface area contributed by atoms with Gasteiger partial charge in [0.25, 0.3) is 0 Å². The van der Waals surface area contributed by atoms with Crippen LogP contribution in [0.4, 0.5) is 8.78 Å². The molecule has 0 saturated heterocycles. The van der Waals surface area contributed by atoms with Crippen LogP contribution in [-0.2, 0) is 19.9 Å². The van der Waals surface area contributed by atoms with E-state index in [1.807, 2.05) is 19.1 Å². The molecule has 0 aromatic heterocycles. The largest absolute Gasteiger partial charge is 0.494 e. The van der Waals surface area contributed by atoms with Gasteiger partial charge in [0, 0.05) is 0 Å². The van der Waals surface area contributed by atoms with E-state index in [4.69, 9.17) is 9.47 Å². The first-order valence-corrected chi connectivity index (χ1v) is 8.12. The fourth-order valence-corrected chi connectivity index (χ4v) is 2.91. The summed E-state index contributed by atoms with van der Waals surface area (Å²) in [5, 5.41) is 0. The first-order valence-electron chi connectivity index (χ1n) is 8.12. The Labute approximate surface area is 154 Å². The number of benzene rings is 2. The number of hydrogen-bond donors (Lipinski definition) is 1. The second-order valence-corrected chi connectivity index (χ2v) is 6.20. The number of nitrogens with zero attached hydrogens (tertiary/aromatic N) is 1. The molecule has 0 saturated carbocycles. The lowest BCUT2D eigenvalue weighted by atomic mass is 9.90. The zero-order valence-electron chi connectivity index (χ0n) is 14.8. The van der Waals surface area contributed by atoms with Gasteiger partial charge in [-0.15, -0.1) is 0 Å². The zero-order chi connectivity index (χ0) is 19.4. The van der Waals surface area contributed by atoms with Gasteiger partial charge in [-0.05, 0) is 41.8 Å². The number of hydrogen-bond acceptors (Lipinski definition) is 6. The van der Waals surface area contributed by atoms with Crippen LogP contribution in [0.5, 0.6) is 5.75 Å². The van der Waals surface area contributed by atoms with Crippen molar-refractivity contribution in [3.05, 3.63) is 53.6 Å². The number of aliphatic imine (C=N–C) groups is 1. The normalized spacial score (nSPS) is 19.2. The third-order valence-electron chi connectivity index (χ3n) is 4.26. The molecule has 0 radical (unpaired) electrons. The summed E-state index contributed by atoms with van der Waals surface area (Å²) in [5.41, 5.74) is 3.62. The number of hydroxylamine groups is 1. The molecule has 0 amide bonds. The van der Waals surface area contributed by atoms with Gasteiger partial charge < -0.3 is 14.3 Å². The molecule has 1 aliphatic rings. The minimum Gasteiger partial charge on any atom is -0.494 e. The Balaban J connectivity index is 1.98. The van der Waals surface area contributed by atoms with Gasteiger partial charge in [0.2, 0.25) is 5.82 Å². The third-order valence-corrected chi connectivity index (χ3v) is 4.26. The summed E-state index contributed by atoms with van der Waals surface area (Å²) < 4.78 is 38.0. The van der Waals surface area contributed by atoms with Gasteiger partial charge in [0.15, 0.2) is 17.4 Å². The van der Waals surface area contributed by atoms with Crippen LogP contribution in [0, 0.1) is 11.6 Å². The predicted molar refractivity (Wildman–Crippen MR) is 94.2 cm³/mol. The molecular formula is C19H18F2N2O4. The molecule has 1 atom stereocenters. The van der Waals surface area contributed by atoms with E-state index in [1.165, 1.54) is 13.2 Å². The molecule has 8 heteroatoms. The third kappa shape index (κ3) is 3.90. The fraction of sp³-hybridized carbons (Fsp3) is 0.263. The van der Waals surface area contributed by atoms with E-state index < -0.39 is 17.2 Å². The summed E-state index contributed by atoms with van der Waals surface area (Å²) in [6, 6.07) is 9.81. The van der Waals surface area contributed by atoms with Crippen LogP contribution < -0.4 is 10.2 Å². The molecular weight excluding hydrogens is 358 g/mol. The molecule has 0 bridgehead atoms. The number of methoxy groups -OCH3 is 1. The Kier molecular flexibility index (Phi) is 5.36. The van der Waals surface area contributed by atoms with Crippen LogP contribution in [0.1, 0.15) is 12.5 Å². The van der Waals surface area contributed by atoms with E-state index in [0.717, 1.165) is 11.6 Å². The van der Waals surface area contributed by atoms with Gasteiger partial charge in [-0.2, -0.15) is 4.39 Å². The van der Waals surface area contributed by atoms with E-state index in [-0.39, 0.29) is 18.8 Å². The van der Waals surface area contributed by atoms with Crippen molar-refractivity contribution in [1.82, 2.24) is 5.48 Å². The van der Waals surface area contributed by atoms with Crippen molar-refractivity contribution in [2.75, 3.05) is 20.3 Å². The highest BCUT2D eigenvalue weighted by Crippen LogP contribution is 2.33. The lowest BCUT2D eigenvalue weighted by Crippen LogP contribution is -2.40. The van der Waals surface area contributed by atoms with Crippen LogP contribution >= 0.6 is 0 Å². The van der Waals surface area contributed by atoms with Gasteiger partial charge in [0.05, 0.1) is 13.7 Å². The zero-order valence-corrected chi connectivity index (χ0v) is 14.8. The van der Waals surface area contributed by atoms with Crippen molar-refractivity contribution >= 4 is 12.3 Å². The molecule has 6 nitrogen and oxygen atoms in total. The number of nitrogens with one attached hydrogen (secondary N) is 1. The number of carbonyl (C=O) groups is 1. The SMILES string of the molecule is COc1cc(-c2cccc(C3(C)COCC(NOC=O)=N3)c2)cc(F)c1F. The summed E-state index contributed by atoms with van der Waals surface area (Å²) in [5.74, 6) is -1.81. The molecule has 2 aromatic rings. The van der Waals surface area contributed by atoms with E-state index in [9.17, 15) is 13.6 Å². The molecule has 142 valence electrons. The molecule has 0 spiro atoms. The Morgan fingerprint density at radius 1 is 1.26 bits per heavy atom. The Bertz CT molecular complexity index is 888. The topological polar surface area (TPSA) is 69.2 Å². The van der Waals surface area contributed by atoms with Gasteiger partial charge in [-0.3, -0.25) is 9.79 Å². The van der Waals surface area contributed by atoms with E-state index >= 15 is 0 Å². The van der Waals surface area contributed by atoms with Gasteiger partial charge >= 0.3 is 6.47 Å². The van der Waals surface area contributed by atoms with E-state index in [2.05, 4.69) is 15.3 Å². The molecule has 27 heavy (non-hydrogen) atoms. The predicted octanol–water partition coefficient (Wildman–Crippen LogP) is 2.96. The molecule has 0 fully saturated rings. The second kappa shape index (κ2) is 7.71. The summed E-state index contributed by atoms with van der Waals surface area (Å²) in [4.78, 5) is 19.4. The highest BCUT2D eigenvalue weighted by Gasteiger charge is 2.31. The average Bonchev–Trinajstić information content (AvgIpc) is 2.68. The quantitative estimate of drug-likeness (QED) is 0.642. The molecule has 1 unspecified atom stereocenters. The lowest BCUT2D eigenvalue weighted by Gasteiger charge is -2.31. The van der Waals surface area contributed by atoms with E-state index in [0.29, 0.717) is 23.6 Å². The molecule has 1 N–H and O–H groups in total.